The molecule has 2 aliphatic rings. The largest absolute Gasteiger partial charge is 0.491 e. The van der Waals surface area contributed by atoms with Crippen molar-refractivity contribution in [1.29, 1.82) is 0 Å². The number of rotatable bonds is 6. The van der Waals surface area contributed by atoms with Crippen molar-refractivity contribution in [3.8, 4) is 5.75 Å². The zero-order valence-electron chi connectivity index (χ0n) is 23.3. The third kappa shape index (κ3) is 5.77. The number of nitrogens with zero attached hydrogens (tertiary/aromatic N) is 5. The Morgan fingerprint density at radius 2 is 1.81 bits per heavy atom. The Balaban J connectivity index is 1.12. The van der Waals surface area contributed by atoms with Gasteiger partial charge in [0.15, 0.2) is 0 Å². The van der Waals surface area contributed by atoms with E-state index in [1.54, 1.807) is 42.3 Å². The van der Waals surface area contributed by atoms with Gasteiger partial charge in [0.25, 0.3) is 11.5 Å². The smallest absolute Gasteiger partial charge is 0.417 e. The van der Waals surface area contributed by atoms with Crippen LogP contribution in [0.3, 0.4) is 0 Å². The van der Waals surface area contributed by atoms with Crippen LogP contribution in [0.4, 0.5) is 24.7 Å². The van der Waals surface area contributed by atoms with Crippen molar-refractivity contribution in [2.75, 3.05) is 42.6 Å². The van der Waals surface area contributed by atoms with Gasteiger partial charge in [-0.3, -0.25) is 9.59 Å². The first kappa shape index (κ1) is 28.3. The van der Waals surface area contributed by atoms with Crippen LogP contribution in [0.5, 0.6) is 5.75 Å². The fraction of sp³-hybridized carbons (Fsp3) is 0.290. The SMILES string of the molecule is Cc1c(N2Cc3ccccc3[C@H]2COc2cccc(C(=O)N3CCN(c4ccc(C(F)(F)F)cn4)CC3)c2)cn[nH]c1=O. The van der Waals surface area contributed by atoms with Crippen LogP contribution in [0.1, 0.15) is 38.7 Å². The first-order valence-electron chi connectivity index (χ1n) is 13.9. The third-order valence-electron chi connectivity index (χ3n) is 7.97. The molecular weight excluding hydrogens is 561 g/mol. The quantitative estimate of drug-likeness (QED) is 0.351. The highest BCUT2D eigenvalue weighted by Gasteiger charge is 2.33. The fourth-order valence-corrected chi connectivity index (χ4v) is 5.59. The molecular formula is C31H29F3N6O3. The molecule has 4 aromatic rings. The second-order valence-corrected chi connectivity index (χ2v) is 10.6. The summed E-state index contributed by atoms with van der Waals surface area (Å²) in [6.45, 7) is 4.39. The highest BCUT2D eigenvalue weighted by molar-refractivity contribution is 5.94. The van der Waals surface area contributed by atoms with Crippen LogP contribution in [0.25, 0.3) is 0 Å². The van der Waals surface area contributed by atoms with Gasteiger partial charge in [-0.05, 0) is 48.4 Å². The van der Waals surface area contributed by atoms with Gasteiger partial charge in [-0.25, -0.2) is 10.1 Å². The molecule has 0 saturated carbocycles. The maximum atomic E-state index is 13.3. The van der Waals surface area contributed by atoms with E-state index < -0.39 is 11.7 Å². The third-order valence-corrected chi connectivity index (χ3v) is 7.97. The molecule has 12 heteroatoms. The van der Waals surface area contributed by atoms with Crippen LogP contribution in [-0.2, 0) is 12.7 Å². The lowest BCUT2D eigenvalue weighted by molar-refractivity contribution is -0.137. The van der Waals surface area contributed by atoms with Crippen molar-refractivity contribution < 1.29 is 22.7 Å². The number of pyridine rings is 1. The van der Waals surface area contributed by atoms with E-state index in [1.807, 2.05) is 17.0 Å². The lowest BCUT2D eigenvalue weighted by atomic mass is 10.1. The molecule has 2 aromatic heterocycles. The summed E-state index contributed by atoms with van der Waals surface area (Å²) in [5.74, 6) is 0.844. The number of carbonyl (C=O) groups excluding carboxylic acids is 1. The number of fused-ring (bicyclic) bond motifs is 1. The molecule has 0 unspecified atom stereocenters. The summed E-state index contributed by atoms with van der Waals surface area (Å²) < 4.78 is 44.9. The van der Waals surface area contributed by atoms with E-state index in [-0.39, 0.29) is 17.5 Å². The minimum absolute atomic E-state index is 0.150. The fourth-order valence-electron chi connectivity index (χ4n) is 5.59. The van der Waals surface area contributed by atoms with Crippen molar-refractivity contribution >= 4 is 17.4 Å². The molecule has 0 spiro atoms. The number of aromatic amines is 1. The summed E-state index contributed by atoms with van der Waals surface area (Å²) in [6.07, 6.45) is -1.95. The van der Waals surface area contributed by atoms with E-state index in [9.17, 15) is 22.8 Å². The van der Waals surface area contributed by atoms with Gasteiger partial charge in [-0.1, -0.05) is 30.3 Å². The van der Waals surface area contributed by atoms with E-state index in [4.69, 9.17) is 4.74 Å². The summed E-state index contributed by atoms with van der Waals surface area (Å²) in [6, 6.07) is 17.3. The summed E-state index contributed by atoms with van der Waals surface area (Å²) in [5.41, 5.74) is 3.02. The van der Waals surface area contributed by atoms with Gasteiger partial charge < -0.3 is 19.4 Å². The van der Waals surface area contributed by atoms with Gasteiger partial charge in [0.2, 0.25) is 0 Å². The van der Waals surface area contributed by atoms with Crippen LogP contribution in [0, 0.1) is 6.92 Å². The molecule has 1 fully saturated rings. The Kier molecular flexibility index (Phi) is 7.51. The predicted octanol–water partition coefficient (Wildman–Crippen LogP) is 4.59. The van der Waals surface area contributed by atoms with Gasteiger partial charge in [0.05, 0.1) is 23.5 Å². The number of aromatic nitrogens is 3. The van der Waals surface area contributed by atoms with Gasteiger partial charge in [-0.15, -0.1) is 0 Å². The summed E-state index contributed by atoms with van der Waals surface area (Å²) >= 11 is 0. The van der Waals surface area contributed by atoms with Crippen LogP contribution >= 0.6 is 0 Å². The molecule has 0 radical (unpaired) electrons. The average Bonchev–Trinajstić information content (AvgIpc) is 3.39. The van der Waals surface area contributed by atoms with Crippen molar-refractivity contribution in [3.63, 3.8) is 0 Å². The molecule has 6 rings (SSSR count). The van der Waals surface area contributed by atoms with E-state index in [2.05, 4.69) is 32.2 Å². The number of H-pyrrole nitrogens is 1. The van der Waals surface area contributed by atoms with Gasteiger partial charge >= 0.3 is 6.18 Å². The zero-order chi connectivity index (χ0) is 30.1. The zero-order valence-corrected chi connectivity index (χ0v) is 23.3. The lowest BCUT2D eigenvalue weighted by Gasteiger charge is -2.35. The summed E-state index contributed by atoms with van der Waals surface area (Å²) in [4.78, 5) is 35.3. The number of piperazine rings is 1. The Hall–Kier alpha value is -4.87. The summed E-state index contributed by atoms with van der Waals surface area (Å²) in [7, 11) is 0. The molecule has 1 N–H and O–H groups in total. The van der Waals surface area contributed by atoms with Crippen LogP contribution in [0.2, 0.25) is 0 Å². The molecule has 0 bridgehead atoms. The number of carbonyl (C=O) groups is 1. The Labute approximate surface area is 245 Å². The lowest BCUT2D eigenvalue weighted by Crippen LogP contribution is -2.49. The number of ether oxygens (including phenoxy) is 1. The van der Waals surface area contributed by atoms with E-state index in [1.165, 1.54) is 6.07 Å². The topological polar surface area (TPSA) is 94.7 Å². The second kappa shape index (κ2) is 11.4. The number of amides is 1. The molecule has 1 atom stereocenters. The molecule has 4 heterocycles. The molecule has 222 valence electrons. The van der Waals surface area contributed by atoms with E-state index in [0.29, 0.717) is 62.0 Å². The normalized spacial score (nSPS) is 16.7. The summed E-state index contributed by atoms with van der Waals surface area (Å²) in [5, 5.41) is 6.48. The van der Waals surface area contributed by atoms with Crippen LogP contribution in [-0.4, -0.2) is 58.8 Å². The maximum Gasteiger partial charge on any atom is 0.417 e. The monoisotopic (exact) mass is 590 g/mol. The number of benzene rings is 2. The Morgan fingerprint density at radius 3 is 2.56 bits per heavy atom. The van der Waals surface area contributed by atoms with Gasteiger partial charge in [0, 0.05) is 50.0 Å². The minimum atomic E-state index is -4.44. The Morgan fingerprint density at radius 1 is 1.02 bits per heavy atom. The highest BCUT2D eigenvalue weighted by atomic mass is 19.4. The first-order valence-corrected chi connectivity index (χ1v) is 13.9. The van der Waals surface area contributed by atoms with Gasteiger partial charge in [0.1, 0.15) is 18.2 Å². The molecule has 2 aromatic carbocycles. The van der Waals surface area contributed by atoms with Crippen molar-refractivity contribution in [1.82, 2.24) is 20.1 Å². The molecule has 9 nitrogen and oxygen atoms in total. The average molecular weight is 591 g/mol. The number of hydrogen-bond donors (Lipinski definition) is 1. The second-order valence-electron chi connectivity index (χ2n) is 10.6. The number of alkyl halides is 3. The molecule has 1 saturated heterocycles. The number of anilines is 2. The molecule has 43 heavy (non-hydrogen) atoms. The molecule has 1 amide bonds. The van der Waals surface area contributed by atoms with Crippen molar-refractivity contribution in [2.45, 2.75) is 25.7 Å². The number of hydrogen-bond acceptors (Lipinski definition) is 7. The first-order chi connectivity index (χ1) is 20.7. The van der Waals surface area contributed by atoms with Crippen LogP contribution in [0.15, 0.2) is 77.9 Å². The predicted molar refractivity (Wildman–Crippen MR) is 154 cm³/mol. The van der Waals surface area contributed by atoms with E-state index in [0.717, 1.165) is 29.1 Å². The number of halogens is 3. The maximum absolute atomic E-state index is 13.3. The number of nitrogens with one attached hydrogen (secondary N) is 1. The minimum Gasteiger partial charge on any atom is -0.491 e. The molecule has 2 aliphatic heterocycles. The van der Waals surface area contributed by atoms with Gasteiger partial charge in [-0.2, -0.15) is 18.3 Å². The standard InChI is InChI=1S/C31H29F3N6O3/c1-20-26(17-36-37-29(20)41)40-18-22-5-2-3-8-25(22)27(40)19-43-24-7-4-6-21(15-24)30(42)39-13-11-38(12-14-39)28-10-9-23(16-35-28)31(32,33)34/h2-10,15-17,27H,11-14,18-19H2,1H3,(H,37,41)/t27-/m1/s1. The van der Waals surface area contributed by atoms with Crippen molar-refractivity contribution in [3.05, 3.63) is 111 Å². The van der Waals surface area contributed by atoms with E-state index >= 15 is 0 Å². The molecule has 0 aliphatic carbocycles. The van der Waals surface area contributed by atoms with Crippen molar-refractivity contribution in [2.24, 2.45) is 0 Å². The highest BCUT2D eigenvalue weighted by Crippen LogP contribution is 2.38. The van der Waals surface area contributed by atoms with Crippen LogP contribution < -0.4 is 20.1 Å². The Bertz CT molecular complexity index is 1680.